The maximum absolute atomic E-state index is 12.5. The van der Waals surface area contributed by atoms with Gasteiger partial charge in [-0.1, -0.05) is 12.1 Å². The summed E-state index contributed by atoms with van der Waals surface area (Å²) in [5, 5.41) is 0. The first kappa shape index (κ1) is 18.0. The number of likely N-dealkylation sites (tertiary alicyclic amines) is 1. The van der Waals surface area contributed by atoms with Gasteiger partial charge in [-0.05, 0) is 31.2 Å². The van der Waals surface area contributed by atoms with Gasteiger partial charge in [0.25, 0.3) is 5.91 Å². The summed E-state index contributed by atoms with van der Waals surface area (Å²) in [6.45, 7) is 2.66. The molecule has 0 radical (unpaired) electrons. The van der Waals surface area contributed by atoms with Crippen LogP contribution in [-0.4, -0.2) is 41.3 Å². The number of hydrogen-bond acceptors (Lipinski definition) is 4. The van der Waals surface area contributed by atoms with Gasteiger partial charge in [0.1, 0.15) is 11.9 Å². The fraction of sp³-hybridized carbons (Fsp3) is 0.333. The van der Waals surface area contributed by atoms with Crippen molar-refractivity contribution in [3.8, 4) is 11.6 Å². The van der Waals surface area contributed by atoms with Gasteiger partial charge in [0.2, 0.25) is 5.88 Å². The summed E-state index contributed by atoms with van der Waals surface area (Å²) in [6.07, 6.45) is -4.38. The lowest BCUT2D eigenvalue weighted by Gasteiger charge is -2.18. The van der Waals surface area contributed by atoms with Crippen LogP contribution in [0, 0.1) is 6.92 Å². The fourth-order valence-corrected chi connectivity index (χ4v) is 2.77. The Kier molecular flexibility index (Phi) is 5.01. The van der Waals surface area contributed by atoms with Crippen molar-refractivity contribution in [2.75, 3.05) is 13.1 Å². The van der Waals surface area contributed by atoms with E-state index in [4.69, 9.17) is 4.74 Å². The highest BCUT2D eigenvalue weighted by Gasteiger charge is 2.32. The van der Waals surface area contributed by atoms with Crippen LogP contribution in [0.2, 0.25) is 0 Å². The highest BCUT2D eigenvalue weighted by Crippen LogP contribution is 2.25. The standard InChI is InChI=1S/C18H17F3N2O3/c1-12-4-2-7-16(22-12)25-15-8-9-23(11-15)17(24)13-5-3-6-14(10-13)26-18(19,20)21/h2-7,10,15H,8-9,11H2,1H3. The number of aryl methyl sites for hydroxylation is 1. The van der Waals surface area contributed by atoms with Crippen molar-refractivity contribution >= 4 is 5.91 Å². The first-order valence-corrected chi connectivity index (χ1v) is 8.05. The molecule has 0 aliphatic carbocycles. The summed E-state index contributed by atoms with van der Waals surface area (Å²) in [5.74, 6) is -0.287. The maximum Gasteiger partial charge on any atom is 0.573 e. The van der Waals surface area contributed by atoms with Gasteiger partial charge in [0.15, 0.2) is 0 Å². The van der Waals surface area contributed by atoms with Gasteiger partial charge in [-0.3, -0.25) is 4.79 Å². The second-order valence-corrected chi connectivity index (χ2v) is 5.97. The zero-order chi connectivity index (χ0) is 18.7. The molecule has 1 amide bonds. The molecular weight excluding hydrogens is 349 g/mol. The Balaban J connectivity index is 1.63. The van der Waals surface area contributed by atoms with Gasteiger partial charge >= 0.3 is 6.36 Å². The number of carbonyl (C=O) groups is 1. The van der Waals surface area contributed by atoms with E-state index in [2.05, 4.69) is 9.72 Å². The summed E-state index contributed by atoms with van der Waals surface area (Å²) < 4.78 is 46.6. The van der Waals surface area contributed by atoms with Crippen LogP contribution >= 0.6 is 0 Å². The molecule has 0 N–H and O–H groups in total. The zero-order valence-corrected chi connectivity index (χ0v) is 14.0. The fourth-order valence-electron chi connectivity index (χ4n) is 2.77. The van der Waals surface area contributed by atoms with Crippen molar-refractivity contribution in [2.45, 2.75) is 25.8 Å². The van der Waals surface area contributed by atoms with E-state index < -0.39 is 12.1 Å². The van der Waals surface area contributed by atoms with Crippen LogP contribution in [0.4, 0.5) is 13.2 Å². The average Bonchev–Trinajstić information content (AvgIpc) is 3.01. The first-order chi connectivity index (χ1) is 12.3. The van der Waals surface area contributed by atoms with Crippen LogP contribution < -0.4 is 9.47 Å². The summed E-state index contributed by atoms with van der Waals surface area (Å²) in [4.78, 5) is 18.3. The van der Waals surface area contributed by atoms with Gasteiger partial charge < -0.3 is 14.4 Å². The van der Waals surface area contributed by atoms with Crippen molar-refractivity contribution in [2.24, 2.45) is 0 Å². The third-order valence-electron chi connectivity index (χ3n) is 3.90. The van der Waals surface area contributed by atoms with Crippen molar-refractivity contribution in [3.63, 3.8) is 0 Å². The van der Waals surface area contributed by atoms with E-state index in [0.717, 1.165) is 17.8 Å². The Morgan fingerprint density at radius 2 is 2.00 bits per heavy atom. The highest BCUT2D eigenvalue weighted by molar-refractivity contribution is 5.94. The molecule has 0 bridgehead atoms. The summed E-state index contributed by atoms with van der Waals surface area (Å²) in [7, 11) is 0. The monoisotopic (exact) mass is 366 g/mol. The molecule has 8 heteroatoms. The number of amides is 1. The Labute approximate surface area is 148 Å². The molecule has 1 aromatic heterocycles. The second kappa shape index (κ2) is 7.23. The van der Waals surface area contributed by atoms with Crippen molar-refractivity contribution in [1.82, 2.24) is 9.88 Å². The molecule has 5 nitrogen and oxygen atoms in total. The number of pyridine rings is 1. The number of halogens is 3. The van der Waals surface area contributed by atoms with Gasteiger partial charge in [-0.25, -0.2) is 4.98 Å². The minimum Gasteiger partial charge on any atom is -0.472 e. The number of hydrogen-bond donors (Lipinski definition) is 0. The third kappa shape index (κ3) is 4.65. The zero-order valence-electron chi connectivity index (χ0n) is 14.0. The molecule has 1 aliphatic rings. The Morgan fingerprint density at radius 1 is 1.23 bits per heavy atom. The number of aromatic nitrogens is 1. The predicted octanol–water partition coefficient (Wildman–Crippen LogP) is 3.58. The van der Waals surface area contributed by atoms with Crippen LogP contribution in [0.3, 0.4) is 0 Å². The number of benzene rings is 1. The molecule has 1 aromatic carbocycles. The topological polar surface area (TPSA) is 51.7 Å². The van der Waals surface area contributed by atoms with E-state index in [1.807, 2.05) is 19.1 Å². The first-order valence-electron chi connectivity index (χ1n) is 8.05. The van der Waals surface area contributed by atoms with Gasteiger partial charge in [0, 0.05) is 30.3 Å². The minimum atomic E-state index is -4.80. The molecule has 3 rings (SSSR count). The van der Waals surface area contributed by atoms with Crippen molar-refractivity contribution in [1.29, 1.82) is 0 Å². The van der Waals surface area contributed by atoms with Crippen LogP contribution in [-0.2, 0) is 0 Å². The van der Waals surface area contributed by atoms with Crippen molar-refractivity contribution in [3.05, 3.63) is 53.7 Å². The van der Waals surface area contributed by atoms with E-state index in [1.54, 1.807) is 11.0 Å². The van der Waals surface area contributed by atoms with Crippen LogP contribution in [0.15, 0.2) is 42.5 Å². The molecule has 2 aromatic rings. The average molecular weight is 366 g/mol. The Morgan fingerprint density at radius 3 is 2.73 bits per heavy atom. The lowest BCUT2D eigenvalue weighted by molar-refractivity contribution is -0.274. The Hall–Kier alpha value is -2.77. The second-order valence-electron chi connectivity index (χ2n) is 5.97. The molecule has 1 fully saturated rings. The van der Waals surface area contributed by atoms with Crippen molar-refractivity contribution < 1.29 is 27.4 Å². The SMILES string of the molecule is Cc1cccc(OC2CCN(C(=O)c3cccc(OC(F)(F)F)c3)C2)n1. The molecule has 1 saturated heterocycles. The normalized spacial score (nSPS) is 17.2. The van der Waals surface area contributed by atoms with E-state index in [1.165, 1.54) is 12.1 Å². The number of alkyl halides is 3. The quantitative estimate of drug-likeness (QED) is 0.830. The lowest BCUT2D eigenvalue weighted by Crippen LogP contribution is -2.31. The molecule has 138 valence electrons. The minimum absolute atomic E-state index is 0.140. The van der Waals surface area contributed by atoms with E-state index in [0.29, 0.717) is 25.4 Å². The van der Waals surface area contributed by atoms with Crippen LogP contribution in [0.1, 0.15) is 22.5 Å². The van der Waals surface area contributed by atoms with Crippen LogP contribution in [0.5, 0.6) is 11.6 Å². The molecule has 0 spiro atoms. The predicted molar refractivity (Wildman–Crippen MR) is 87.0 cm³/mol. The lowest BCUT2D eigenvalue weighted by atomic mass is 10.2. The third-order valence-corrected chi connectivity index (χ3v) is 3.90. The largest absolute Gasteiger partial charge is 0.573 e. The van der Waals surface area contributed by atoms with Gasteiger partial charge in [-0.15, -0.1) is 13.2 Å². The molecule has 26 heavy (non-hydrogen) atoms. The molecule has 1 aliphatic heterocycles. The Bertz CT molecular complexity index is 795. The molecule has 2 heterocycles. The summed E-state index contributed by atoms with van der Waals surface area (Å²) in [6, 6.07) is 10.5. The van der Waals surface area contributed by atoms with E-state index in [9.17, 15) is 18.0 Å². The van der Waals surface area contributed by atoms with E-state index >= 15 is 0 Å². The number of ether oxygens (including phenoxy) is 2. The summed E-state index contributed by atoms with van der Waals surface area (Å²) in [5.41, 5.74) is 0.969. The number of rotatable bonds is 4. The smallest absolute Gasteiger partial charge is 0.472 e. The highest BCUT2D eigenvalue weighted by atomic mass is 19.4. The molecule has 1 atom stereocenters. The number of carbonyl (C=O) groups excluding carboxylic acids is 1. The molecule has 0 saturated carbocycles. The maximum atomic E-state index is 12.5. The van der Waals surface area contributed by atoms with Gasteiger partial charge in [0.05, 0.1) is 6.54 Å². The molecular formula is C18H17F3N2O3. The number of nitrogens with zero attached hydrogens (tertiary/aromatic N) is 2. The van der Waals surface area contributed by atoms with E-state index in [-0.39, 0.29) is 17.6 Å². The van der Waals surface area contributed by atoms with Crippen LogP contribution in [0.25, 0.3) is 0 Å². The van der Waals surface area contributed by atoms with Gasteiger partial charge in [-0.2, -0.15) is 0 Å². The molecule has 1 unspecified atom stereocenters. The summed E-state index contributed by atoms with van der Waals surface area (Å²) >= 11 is 0.